The Labute approximate surface area is 360 Å². The molecule has 0 saturated heterocycles. The van der Waals surface area contributed by atoms with Crippen LogP contribution in [0.2, 0.25) is 0 Å². The topological polar surface area (TPSA) is 3.24 Å². The summed E-state index contributed by atoms with van der Waals surface area (Å²) in [7, 11) is 0. The summed E-state index contributed by atoms with van der Waals surface area (Å²) in [6.07, 6.45) is 0. The van der Waals surface area contributed by atoms with Crippen molar-refractivity contribution in [1.82, 2.24) is 0 Å². The molecule has 2 aliphatic carbocycles. The lowest BCUT2D eigenvalue weighted by Crippen LogP contribution is -2.17. The van der Waals surface area contributed by atoms with E-state index in [1.165, 1.54) is 89.0 Å². The monoisotopic (exact) mass is 781 g/mol. The zero-order valence-electron chi connectivity index (χ0n) is 35.2. The van der Waals surface area contributed by atoms with E-state index in [1.807, 2.05) is 0 Å². The molecule has 0 bridgehead atoms. The van der Waals surface area contributed by atoms with E-state index in [0.717, 1.165) is 17.1 Å². The fourth-order valence-corrected chi connectivity index (χ4v) is 10.5. The van der Waals surface area contributed by atoms with Gasteiger partial charge in [0, 0.05) is 27.8 Å². The van der Waals surface area contributed by atoms with Crippen LogP contribution in [0.1, 0.15) is 49.9 Å². The van der Waals surface area contributed by atoms with Crippen molar-refractivity contribution in [1.29, 1.82) is 0 Å². The van der Waals surface area contributed by atoms with Crippen LogP contribution < -0.4 is 4.90 Å². The number of hydrogen-bond acceptors (Lipinski definition) is 1. The quantitative estimate of drug-likeness (QED) is 0.156. The molecule has 0 atom stereocenters. The van der Waals surface area contributed by atoms with Crippen molar-refractivity contribution in [2.75, 3.05) is 4.90 Å². The van der Waals surface area contributed by atoms with Crippen LogP contribution in [0.3, 0.4) is 0 Å². The predicted molar refractivity (Wildman–Crippen MR) is 258 cm³/mol. The highest BCUT2D eigenvalue weighted by molar-refractivity contribution is 5.95. The second-order valence-electron chi connectivity index (χ2n) is 17.7. The Kier molecular flexibility index (Phi) is 8.58. The lowest BCUT2D eigenvalue weighted by molar-refractivity contribution is 0.660. The molecular formula is C60H47N. The average Bonchev–Trinajstić information content (AvgIpc) is 3.69. The van der Waals surface area contributed by atoms with Crippen molar-refractivity contribution in [3.05, 3.63) is 235 Å². The molecule has 1 heteroatoms. The molecule has 292 valence electrons. The van der Waals surface area contributed by atoms with Crippen LogP contribution in [0.5, 0.6) is 0 Å². The van der Waals surface area contributed by atoms with Gasteiger partial charge in [-0.3, -0.25) is 0 Å². The van der Waals surface area contributed by atoms with Crippen LogP contribution in [-0.2, 0) is 10.8 Å². The minimum atomic E-state index is -0.124. The minimum Gasteiger partial charge on any atom is -0.310 e. The van der Waals surface area contributed by atoms with Gasteiger partial charge in [-0.1, -0.05) is 210 Å². The first-order chi connectivity index (χ1) is 29.8. The molecule has 0 unspecified atom stereocenters. The molecule has 0 spiro atoms. The first-order valence-electron chi connectivity index (χ1n) is 21.5. The van der Waals surface area contributed by atoms with Gasteiger partial charge in [0.25, 0.3) is 0 Å². The summed E-state index contributed by atoms with van der Waals surface area (Å²) in [4.78, 5) is 2.46. The molecule has 0 heterocycles. The van der Waals surface area contributed by atoms with Crippen LogP contribution in [0.4, 0.5) is 17.1 Å². The van der Waals surface area contributed by atoms with E-state index in [1.54, 1.807) is 0 Å². The van der Waals surface area contributed by atoms with Gasteiger partial charge in [0.1, 0.15) is 0 Å². The summed E-state index contributed by atoms with van der Waals surface area (Å²) < 4.78 is 0. The molecule has 0 N–H and O–H groups in total. The van der Waals surface area contributed by atoms with Crippen molar-refractivity contribution < 1.29 is 0 Å². The highest BCUT2D eigenvalue weighted by atomic mass is 15.1. The molecule has 9 aromatic rings. The van der Waals surface area contributed by atoms with Gasteiger partial charge in [-0.05, 0) is 114 Å². The Balaban J connectivity index is 1.04. The highest BCUT2D eigenvalue weighted by Crippen LogP contribution is 2.54. The van der Waals surface area contributed by atoms with Crippen molar-refractivity contribution in [3.8, 4) is 66.8 Å². The van der Waals surface area contributed by atoms with Crippen LogP contribution >= 0.6 is 0 Å². The summed E-state index contributed by atoms with van der Waals surface area (Å²) in [6.45, 7) is 9.48. The van der Waals surface area contributed by atoms with Gasteiger partial charge in [0.05, 0.1) is 5.69 Å². The fourth-order valence-electron chi connectivity index (χ4n) is 10.5. The lowest BCUT2D eigenvalue weighted by atomic mass is 9.78. The molecule has 0 aromatic heterocycles. The van der Waals surface area contributed by atoms with Crippen molar-refractivity contribution in [2.24, 2.45) is 0 Å². The molecule has 11 rings (SSSR count). The number of nitrogens with zero attached hydrogens (tertiary/aromatic N) is 1. The Bertz CT molecular complexity index is 3110. The van der Waals surface area contributed by atoms with Gasteiger partial charge in [-0.15, -0.1) is 0 Å². The first kappa shape index (κ1) is 36.8. The van der Waals surface area contributed by atoms with E-state index in [0.29, 0.717) is 0 Å². The molecule has 0 amide bonds. The van der Waals surface area contributed by atoms with Crippen LogP contribution in [0.25, 0.3) is 66.8 Å². The summed E-state index contributed by atoms with van der Waals surface area (Å²) in [5.74, 6) is 0. The highest BCUT2D eigenvalue weighted by Gasteiger charge is 2.38. The maximum Gasteiger partial charge on any atom is 0.0540 e. The number of hydrogen-bond donors (Lipinski definition) is 0. The Hall–Kier alpha value is -7.22. The van der Waals surface area contributed by atoms with E-state index >= 15 is 0 Å². The summed E-state index contributed by atoms with van der Waals surface area (Å²) in [5, 5.41) is 0. The normalized spacial score (nSPS) is 13.8. The molecule has 2 aliphatic rings. The third-order valence-electron chi connectivity index (χ3n) is 13.5. The third-order valence-corrected chi connectivity index (χ3v) is 13.5. The number of benzene rings is 9. The average molecular weight is 782 g/mol. The molecule has 0 saturated carbocycles. The van der Waals surface area contributed by atoms with E-state index < -0.39 is 0 Å². The predicted octanol–water partition coefficient (Wildman–Crippen LogP) is 16.4. The largest absolute Gasteiger partial charge is 0.310 e. The number of fused-ring (bicyclic) bond motifs is 6. The molecule has 9 aromatic carbocycles. The number of anilines is 3. The van der Waals surface area contributed by atoms with Gasteiger partial charge in [-0.2, -0.15) is 0 Å². The Morgan fingerprint density at radius 2 is 0.721 bits per heavy atom. The first-order valence-corrected chi connectivity index (χ1v) is 21.5. The van der Waals surface area contributed by atoms with E-state index in [-0.39, 0.29) is 10.8 Å². The molecule has 0 fully saturated rings. The molecule has 1 nitrogen and oxygen atoms in total. The third kappa shape index (κ3) is 5.91. The van der Waals surface area contributed by atoms with Gasteiger partial charge < -0.3 is 4.90 Å². The van der Waals surface area contributed by atoms with Gasteiger partial charge in [0.2, 0.25) is 0 Å². The van der Waals surface area contributed by atoms with E-state index in [4.69, 9.17) is 0 Å². The number of rotatable bonds is 7. The Morgan fingerprint density at radius 1 is 0.279 bits per heavy atom. The van der Waals surface area contributed by atoms with Crippen LogP contribution in [0, 0.1) is 0 Å². The van der Waals surface area contributed by atoms with E-state index in [2.05, 4.69) is 245 Å². The van der Waals surface area contributed by atoms with Crippen LogP contribution in [0.15, 0.2) is 212 Å². The zero-order chi connectivity index (χ0) is 41.3. The second-order valence-corrected chi connectivity index (χ2v) is 17.7. The fraction of sp³-hybridized carbons (Fsp3) is 0.100. The summed E-state index contributed by atoms with van der Waals surface area (Å²) in [5.41, 5.74) is 23.8. The van der Waals surface area contributed by atoms with Crippen molar-refractivity contribution in [2.45, 2.75) is 38.5 Å². The van der Waals surface area contributed by atoms with Gasteiger partial charge in [-0.25, -0.2) is 0 Å². The second kappa shape index (κ2) is 14.2. The Morgan fingerprint density at radius 3 is 1.43 bits per heavy atom. The van der Waals surface area contributed by atoms with Gasteiger partial charge in [0.15, 0.2) is 0 Å². The minimum absolute atomic E-state index is 0.110. The molecular weight excluding hydrogens is 735 g/mol. The van der Waals surface area contributed by atoms with Crippen molar-refractivity contribution >= 4 is 17.1 Å². The standard InChI is InChI=1S/C60H47N/c1-59(2)54-26-13-10-22-49(54)51-38-37-45(39-56(51)59)61(57-28-15-12-20-47(57)43-31-29-41(30-32-43)40-17-6-5-7-18-40)44-35-33-42(34-36-44)46-19-8-9-21-48(46)52-24-16-25-53-50-23-11-14-27-55(50)60(3,4)58(52)53/h5-39H,1-4H3. The SMILES string of the molecule is CC1(C)c2ccccc2-c2ccc(N(c3ccc(-c4ccccc4-c4cccc5c4C(C)(C)c4ccccc4-5)cc3)c3ccccc3-c3ccc(-c4ccccc4)cc3)cc21. The maximum absolute atomic E-state index is 2.46. The van der Waals surface area contributed by atoms with Gasteiger partial charge >= 0.3 is 0 Å². The van der Waals surface area contributed by atoms with Crippen LogP contribution in [-0.4, -0.2) is 0 Å². The lowest BCUT2D eigenvalue weighted by Gasteiger charge is -2.30. The maximum atomic E-state index is 2.46. The smallest absolute Gasteiger partial charge is 0.0540 e. The molecule has 61 heavy (non-hydrogen) atoms. The number of para-hydroxylation sites is 1. The van der Waals surface area contributed by atoms with E-state index in [9.17, 15) is 0 Å². The summed E-state index contributed by atoms with van der Waals surface area (Å²) >= 11 is 0. The molecule has 0 radical (unpaired) electrons. The molecule has 0 aliphatic heterocycles. The summed E-state index contributed by atoms with van der Waals surface area (Å²) in [6, 6.07) is 78.4. The van der Waals surface area contributed by atoms with Crippen molar-refractivity contribution in [3.63, 3.8) is 0 Å². The zero-order valence-corrected chi connectivity index (χ0v) is 35.2.